The number of rotatable bonds is 5. The van der Waals surface area contributed by atoms with Crippen LogP contribution >= 0.6 is 11.3 Å². The molecule has 0 bridgehead atoms. The van der Waals surface area contributed by atoms with E-state index in [4.69, 9.17) is 10.7 Å². The second kappa shape index (κ2) is 6.20. The van der Waals surface area contributed by atoms with E-state index >= 15 is 0 Å². The summed E-state index contributed by atoms with van der Waals surface area (Å²) in [6, 6.07) is 0.650. The third kappa shape index (κ3) is 3.09. The van der Waals surface area contributed by atoms with Crippen molar-refractivity contribution in [3.63, 3.8) is 0 Å². The van der Waals surface area contributed by atoms with Crippen LogP contribution in [0.5, 0.6) is 0 Å². The Morgan fingerprint density at radius 3 is 2.79 bits per heavy atom. The molecule has 0 spiro atoms. The minimum absolute atomic E-state index is 0.510. The lowest BCUT2D eigenvalue weighted by molar-refractivity contribution is 0.315. The first-order chi connectivity index (χ1) is 9.06. The second-order valence-electron chi connectivity index (χ2n) is 5.67. The molecular formula is C14H26N4S. The van der Waals surface area contributed by atoms with Crippen molar-refractivity contribution in [2.24, 2.45) is 5.73 Å². The Hall–Kier alpha value is -0.650. The van der Waals surface area contributed by atoms with Crippen molar-refractivity contribution in [3.8, 4) is 0 Å². The van der Waals surface area contributed by atoms with Crippen LogP contribution in [0, 0.1) is 0 Å². The minimum Gasteiger partial charge on any atom is -0.346 e. The van der Waals surface area contributed by atoms with E-state index in [0.29, 0.717) is 18.5 Å². The van der Waals surface area contributed by atoms with E-state index in [2.05, 4.69) is 37.7 Å². The third-order valence-corrected chi connectivity index (χ3v) is 5.30. The highest BCUT2D eigenvalue weighted by atomic mass is 32.1. The molecule has 0 amide bonds. The molecule has 1 fully saturated rings. The van der Waals surface area contributed by atoms with Gasteiger partial charge < -0.3 is 15.5 Å². The summed E-state index contributed by atoms with van der Waals surface area (Å²) < 4.78 is 0. The summed E-state index contributed by atoms with van der Waals surface area (Å²) in [5.74, 6) is 0.510. The number of hydrogen-bond donors (Lipinski definition) is 1. The first-order valence-electron chi connectivity index (χ1n) is 7.17. The summed E-state index contributed by atoms with van der Waals surface area (Å²) in [6.45, 7) is 7.26. The van der Waals surface area contributed by atoms with E-state index in [1.165, 1.54) is 22.1 Å². The zero-order valence-electron chi connectivity index (χ0n) is 12.5. The molecule has 1 aliphatic heterocycles. The van der Waals surface area contributed by atoms with Crippen LogP contribution in [0.3, 0.4) is 0 Å². The van der Waals surface area contributed by atoms with Crippen LogP contribution in [-0.4, -0.2) is 43.1 Å². The number of nitrogens with zero attached hydrogens (tertiary/aromatic N) is 3. The molecule has 2 unspecified atom stereocenters. The van der Waals surface area contributed by atoms with Crippen LogP contribution in [0.25, 0.3) is 0 Å². The predicted molar refractivity (Wildman–Crippen MR) is 83.0 cm³/mol. The highest BCUT2D eigenvalue weighted by molar-refractivity contribution is 7.15. The summed E-state index contributed by atoms with van der Waals surface area (Å²) in [5, 5.41) is 1.17. The summed E-state index contributed by atoms with van der Waals surface area (Å²) in [4.78, 5) is 10.9. The fourth-order valence-electron chi connectivity index (χ4n) is 2.55. The van der Waals surface area contributed by atoms with E-state index in [0.717, 1.165) is 19.5 Å². The molecule has 0 saturated carbocycles. The van der Waals surface area contributed by atoms with Gasteiger partial charge in [-0.25, -0.2) is 4.98 Å². The molecule has 0 aliphatic carbocycles. The van der Waals surface area contributed by atoms with E-state index in [9.17, 15) is 0 Å². The van der Waals surface area contributed by atoms with Crippen LogP contribution in [0.4, 0.5) is 5.13 Å². The molecule has 4 nitrogen and oxygen atoms in total. The van der Waals surface area contributed by atoms with Crippen molar-refractivity contribution in [1.82, 2.24) is 9.88 Å². The normalized spacial score (nSPS) is 21.4. The minimum atomic E-state index is 0.510. The maximum absolute atomic E-state index is 5.87. The molecule has 5 heteroatoms. The van der Waals surface area contributed by atoms with Crippen molar-refractivity contribution >= 4 is 16.5 Å². The Bertz CT molecular complexity index is 416. The molecule has 2 heterocycles. The Balaban J connectivity index is 2.15. The molecule has 1 aliphatic rings. The Labute approximate surface area is 120 Å². The number of thiazole rings is 1. The van der Waals surface area contributed by atoms with Gasteiger partial charge in [-0.1, -0.05) is 13.8 Å². The average Bonchev–Trinajstić information content (AvgIpc) is 3.03. The maximum atomic E-state index is 5.87. The zero-order valence-corrected chi connectivity index (χ0v) is 13.3. The molecule has 0 radical (unpaired) electrons. The summed E-state index contributed by atoms with van der Waals surface area (Å²) in [6.07, 6.45) is 2.35. The van der Waals surface area contributed by atoms with Gasteiger partial charge in [-0.2, -0.15) is 0 Å². The largest absolute Gasteiger partial charge is 0.346 e. The standard InChI is InChI=1S/C14H26N4S/c1-5-10(2)13-12(8-15)19-14(16-13)18-7-6-11(9-18)17(3)4/h10-11H,5-9,15H2,1-4H3. The Kier molecular flexibility index (Phi) is 4.81. The fourth-order valence-corrected chi connectivity index (χ4v) is 3.64. The van der Waals surface area contributed by atoms with Crippen LogP contribution < -0.4 is 10.6 Å². The van der Waals surface area contributed by atoms with Gasteiger partial charge >= 0.3 is 0 Å². The Morgan fingerprint density at radius 1 is 1.53 bits per heavy atom. The fraction of sp³-hybridized carbons (Fsp3) is 0.786. The number of hydrogen-bond acceptors (Lipinski definition) is 5. The van der Waals surface area contributed by atoms with Crippen molar-refractivity contribution in [2.45, 2.75) is 45.2 Å². The topological polar surface area (TPSA) is 45.4 Å². The third-order valence-electron chi connectivity index (χ3n) is 4.15. The van der Waals surface area contributed by atoms with Gasteiger partial charge in [0.15, 0.2) is 5.13 Å². The van der Waals surface area contributed by atoms with Gasteiger partial charge in [0.05, 0.1) is 5.69 Å². The lowest BCUT2D eigenvalue weighted by atomic mass is 10.0. The van der Waals surface area contributed by atoms with Gasteiger partial charge in [-0.05, 0) is 32.9 Å². The average molecular weight is 282 g/mol. The van der Waals surface area contributed by atoms with Crippen molar-refractivity contribution < 1.29 is 0 Å². The van der Waals surface area contributed by atoms with E-state index in [1.807, 2.05) is 0 Å². The molecule has 1 aromatic heterocycles. The number of aromatic nitrogens is 1. The molecule has 0 aromatic carbocycles. The monoisotopic (exact) mass is 282 g/mol. The van der Waals surface area contributed by atoms with Gasteiger partial charge in [0.25, 0.3) is 0 Å². The van der Waals surface area contributed by atoms with Gasteiger partial charge in [0.1, 0.15) is 0 Å². The van der Waals surface area contributed by atoms with E-state index < -0.39 is 0 Å². The lowest BCUT2D eigenvalue weighted by Crippen LogP contribution is -2.31. The van der Waals surface area contributed by atoms with E-state index in [-0.39, 0.29) is 0 Å². The molecule has 2 atom stereocenters. The van der Waals surface area contributed by atoms with Crippen LogP contribution in [-0.2, 0) is 6.54 Å². The molecule has 2 N–H and O–H groups in total. The first-order valence-corrected chi connectivity index (χ1v) is 7.99. The van der Waals surface area contributed by atoms with Crippen LogP contribution in [0.2, 0.25) is 0 Å². The van der Waals surface area contributed by atoms with Gasteiger partial charge in [-0.3, -0.25) is 0 Å². The number of nitrogens with two attached hydrogens (primary N) is 1. The van der Waals surface area contributed by atoms with Crippen molar-refractivity contribution in [1.29, 1.82) is 0 Å². The predicted octanol–water partition coefficient (Wildman–Crippen LogP) is 2.26. The summed E-state index contributed by atoms with van der Waals surface area (Å²) in [5.41, 5.74) is 7.09. The second-order valence-corrected chi connectivity index (χ2v) is 6.73. The quantitative estimate of drug-likeness (QED) is 0.900. The highest BCUT2D eigenvalue weighted by Gasteiger charge is 2.27. The number of likely N-dealkylation sites (N-methyl/N-ethyl adjacent to an activating group) is 1. The van der Waals surface area contributed by atoms with Gasteiger partial charge in [0, 0.05) is 30.6 Å². The van der Waals surface area contributed by atoms with Crippen LogP contribution in [0.15, 0.2) is 0 Å². The molecule has 2 rings (SSSR count). The van der Waals surface area contributed by atoms with Crippen LogP contribution in [0.1, 0.15) is 43.2 Å². The molecular weight excluding hydrogens is 256 g/mol. The molecule has 1 aromatic rings. The zero-order chi connectivity index (χ0) is 14.0. The maximum Gasteiger partial charge on any atom is 0.185 e. The summed E-state index contributed by atoms with van der Waals surface area (Å²) >= 11 is 1.79. The molecule has 19 heavy (non-hydrogen) atoms. The first kappa shape index (κ1) is 14.8. The van der Waals surface area contributed by atoms with Gasteiger partial charge in [-0.15, -0.1) is 11.3 Å². The van der Waals surface area contributed by atoms with E-state index in [1.54, 1.807) is 11.3 Å². The molecule has 108 valence electrons. The summed E-state index contributed by atoms with van der Waals surface area (Å²) in [7, 11) is 4.32. The molecule has 1 saturated heterocycles. The smallest absolute Gasteiger partial charge is 0.185 e. The van der Waals surface area contributed by atoms with Gasteiger partial charge in [0.2, 0.25) is 0 Å². The Morgan fingerprint density at radius 2 is 2.26 bits per heavy atom. The van der Waals surface area contributed by atoms with Crippen molar-refractivity contribution in [2.75, 3.05) is 32.1 Å². The SMILES string of the molecule is CCC(C)c1nc(N2CCC(N(C)C)C2)sc1CN. The highest BCUT2D eigenvalue weighted by Crippen LogP contribution is 2.33. The van der Waals surface area contributed by atoms with Crippen molar-refractivity contribution in [3.05, 3.63) is 10.6 Å². The lowest BCUT2D eigenvalue weighted by Gasteiger charge is -2.19. The number of anilines is 1.